The van der Waals surface area contributed by atoms with Crippen LogP contribution in [0.15, 0.2) is 11.6 Å². The first kappa shape index (κ1) is 12.7. The Morgan fingerprint density at radius 3 is 2.41 bits per heavy atom. The van der Waals surface area contributed by atoms with Crippen LogP contribution in [0.25, 0.3) is 0 Å². The second kappa shape index (κ2) is 3.88. The van der Waals surface area contributed by atoms with E-state index in [0.717, 1.165) is 5.57 Å². The summed E-state index contributed by atoms with van der Waals surface area (Å²) in [4.78, 5) is 22.8. The topological polar surface area (TPSA) is 54.0 Å². The molecular formula is C12H18O5. The fourth-order valence-electron chi connectivity index (χ4n) is 2.42. The van der Waals surface area contributed by atoms with Gasteiger partial charge in [-0.2, -0.15) is 0 Å². The third-order valence-electron chi connectivity index (χ3n) is 3.45. The van der Waals surface area contributed by atoms with Gasteiger partial charge in [0, 0.05) is 14.2 Å². The van der Waals surface area contributed by atoms with Gasteiger partial charge in [0.05, 0.1) is 0 Å². The number of hydrogen-bond acceptors (Lipinski definition) is 5. The highest BCUT2D eigenvalue weighted by Gasteiger charge is 2.64. The quantitative estimate of drug-likeness (QED) is 0.423. The van der Waals surface area contributed by atoms with Crippen LogP contribution in [0.5, 0.6) is 0 Å². The SMILES string of the molecule is COC1(OC)C(=O)[C@]2(C)C=C(C(C)C)[C@H]1OO2. The van der Waals surface area contributed by atoms with E-state index in [-0.39, 0.29) is 11.7 Å². The summed E-state index contributed by atoms with van der Waals surface area (Å²) in [6, 6.07) is 0. The molecular weight excluding hydrogens is 224 g/mol. The lowest BCUT2D eigenvalue weighted by atomic mass is 9.75. The molecule has 0 saturated carbocycles. The van der Waals surface area contributed by atoms with Gasteiger partial charge in [0.1, 0.15) is 0 Å². The molecule has 0 spiro atoms. The van der Waals surface area contributed by atoms with E-state index < -0.39 is 17.5 Å². The van der Waals surface area contributed by atoms with E-state index in [4.69, 9.17) is 19.2 Å². The van der Waals surface area contributed by atoms with E-state index in [1.165, 1.54) is 14.2 Å². The number of methoxy groups -OCH3 is 2. The summed E-state index contributed by atoms with van der Waals surface area (Å²) in [6.45, 7) is 5.71. The van der Waals surface area contributed by atoms with Crippen LogP contribution in [-0.2, 0) is 24.0 Å². The Kier molecular flexibility index (Phi) is 2.90. The fraction of sp³-hybridized carbons (Fsp3) is 0.750. The van der Waals surface area contributed by atoms with Crippen molar-refractivity contribution in [3.63, 3.8) is 0 Å². The zero-order valence-corrected chi connectivity index (χ0v) is 10.8. The van der Waals surface area contributed by atoms with Gasteiger partial charge in [-0.1, -0.05) is 13.8 Å². The highest BCUT2D eigenvalue weighted by Crippen LogP contribution is 2.45. The molecule has 5 nitrogen and oxygen atoms in total. The van der Waals surface area contributed by atoms with Gasteiger partial charge in [-0.3, -0.25) is 4.79 Å². The molecule has 0 radical (unpaired) electrons. The Labute approximate surface area is 101 Å². The van der Waals surface area contributed by atoms with Crippen molar-refractivity contribution in [2.24, 2.45) is 5.92 Å². The first-order valence-electron chi connectivity index (χ1n) is 5.63. The van der Waals surface area contributed by atoms with Gasteiger partial charge >= 0.3 is 0 Å². The maximum Gasteiger partial charge on any atom is 0.266 e. The van der Waals surface area contributed by atoms with Crippen LogP contribution < -0.4 is 0 Å². The molecule has 1 fully saturated rings. The van der Waals surface area contributed by atoms with Crippen molar-refractivity contribution in [2.45, 2.75) is 38.3 Å². The maximum absolute atomic E-state index is 12.4. The lowest BCUT2D eigenvalue weighted by Gasteiger charge is -2.50. The maximum atomic E-state index is 12.4. The first-order valence-corrected chi connectivity index (χ1v) is 5.63. The number of ether oxygens (including phenoxy) is 2. The van der Waals surface area contributed by atoms with Gasteiger partial charge in [-0.05, 0) is 24.5 Å². The third kappa shape index (κ3) is 1.50. The average molecular weight is 242 g/mol. The van der Waals surface area contributed by atoms with E-state index >= 15 is 0 Å². The number of hydrogen-bond donors (Lipinski definition) is 0. The minimum Gasteiger partial charge on any atom is -0.345 e. The third-order valence-corrected chi connectivity index (χ3v) is 3.45. The lowest BCUT2D eigenvalue weighted by molar-refractivity contribution is -0.431. The zero-order valence-electron chi connectivity index (χ0n) is 10.8. The second-order valence-electron chi connectivity index (χ2n) is 4.87. The Hall–Kier alpha value is -0.750. The van der Waals surface area contributed by atoms with Crippen molar-refractivity contribution in [3.05, 3.63) is 11.6 Å². The lowest BCUT2D eigenvalue weighted by Crippen LogP contribution is -2.69. The Bertz CT molecular complexity index is 369. The average Bonchev–Trinajstić information content (AvgIpc) is 2.31. The van der Waals surface area contributed by atoms with Crippen LogP contribution in [0.4, 0.5) is 0 Å². The molecule has 2 atom stereocenters. The van der Waals surface area contributed by atoms with E-state index in [9.17, 15) is 4.79 Å². The van der Waals surface area contributed by atoms with Gasteiger partial charge in [0.15, 0.2) is 11.7 Å². The summed E-state index contributed by atoms with van der Waals surface area (Å²) < 4.78 is 10.6. The normalized spacial score (nSPS) is 35.3. The molecule has 0 N–H and O–H groups in total. The van der Waals surface area contributed by atoms with Gasteiger partial charge in [0.25, 0.3) is 5.79 Å². The first-order chi connectivity index (χ1) is 7.91. The van der Waals surface area contributed by atoms with E-state index in [2.05, 4.69) is 0 Å². The molecule has 0 aromatic heterocycles. The van der Waals surface area contributed by atoms with E-state index in [0.29, 0.717) is 0 Å². The van der Waals surface area contributed by atoms with Crippen molar-refractivity contribution in [1.29, 1.82) is 0 Å². The summed E-state index contributed by atoms with van der Waals surface area (Å²) in [5.41, 5.74) is -0.178. The van der Waals surface area contributed by atoms with Crippen LogP contribution in [0, 0.1) is 5.92 Å². The Morgan fingerprint density at radius 2 is 1.94 bits per heavy atom. The molecule has 17 heavy (non-hydrogen) atoms. The minimum absolute atomic E-state index is 0.223. The number of Topliss-reactive ketones (excluding diaryl/α,β-unsaturated/α-hetero) is 1. The van der Waals surface area contributed by atoms with Crippen LogP contribution >= 0.6 is 0 Å². The van der Waals surface area contributed by atoms with E-state index in [1.807, 2.05) is 19.9 Å². The van der Waals surface area contributed by atoms with Crippen molar-refractivity contribution in [3.8, 4) is 0 Å². The summed E-state index contributed by atoms with van der Waals surface area (Å²) in [5.74, 6) is -1.45. The fourth-order valence-corrected chi connectivity index (χ4v) is 2.42. The molecule has 0 unspecified atom stereocenters. The Balaban J connectivity index is 2.55. The van der Waals surface area contributed by atoms with Gasteiger partial charge in [0.2, 0.25) is 5.78 Å². The number of ketones is 1. The van der Waals surface area contributed by atoms with Crippen molar-refractivity contribution in [2.75, 3.05) is 14.2 Å². The number of rotatable bonds is 3. The monoisotopic (exact) mass is 242 g/mol. The van der Waals surface area contributed by atoms with Crippen molar-refractivity contribution >= 4 is 5.78 Å². The standard InChI is InChI=1S/C12H18O5/c1-7(2)8-6-11(3)10(13)12(14-4,15-5)9(8)16-17-11/h6-7,9H,1-5H3/t9-,11+/m1/s1. The number of fused-ring (bicyclic) bond motifs is 2. The number of carbonyl (C=O) groups excluding carboxylic acids is 1. The molecule has 5 heteroatoms. The van der Waals surface area contributed by atoms with Crippen molar-refractivity contribution < 1.29 is 24.0 Å². The molecule has 1 saturated heterocycles. The zero-order chi connectivity index (χ0) is 12.8. The highest BCUT2D eigenvalue weighted by atomic mass is 17.2. The second-order valence-corrected chi connectivity index (χ2v) is 4.87. The molecule has 2 heterocycles. The molecule has 3 aliphatic rings. The predicted molar refractivity (Wildman–Crippen MR) is 59.0 cm³/mol. The summed E-state index contributed by atoms with van der Waals surface area (Å²) in [6.07, 6.45) is 1.16. The van der Waals surface area contributed by atoms with Gasteiger partial charge in [-0.25, -0.2) is 9.78 Å². The molecule has 0 aromatic carbocycles. The van der Waals surface area contributed by atoms with Crippen LogP contribution in [-0.4, -0.2) is 37.5 Å². The van der Waals surface area contributed by atoms with E-state index in [1.54, 1.807) is 6.92 Å². The summed E-state index contributed by atoms with van der Waals surface area (Å²) in [7, 11) is 2.87. The van der Waals surface area contributed by atoms with Gasteiger partial charge in [-0.15, -0.1) is 0 Å². The molecule has 2 bridgehead atoms. The molecule has 0 aromatic rings. The van der Waals surface area contributed by atoms with Crippen LogP contribution in [0.1, 0.15) is 20.8 Å². The van der Waals surface area contributed by atoms with Crippen LogP contribution in [0.3, 0.4) is 0 Å². The smallest absolute Gasteiger partial charge is 0.266 e. The van der Waals surface area contributed by atoms with Gasteiger partial charge < -0.3 is 9.47 Å². The molecule has 1 aliphatic carbocycles. The Morgan fingerprint density at radius 1 is 1.35 bits per heavy atom. The van der Waals surface area contributed by atoms with Crippen molar-refractivity contribution in [1.82, 2.24) is 0 Å². The number of carbonyl (C=O) groups is 1. The molecule has 96 valence electrons. The van der Waals surface area contributed by atoms with Crippen LogP contribution in [0.2, 0.25) is 0 Å². The highest BCUT2D eigenvalue weighted by molar-refractivity contribution is 5.98. The summed E-state index contributed by atoms with van der Waals surface area (Å²) in [5, 5.41) is 0. The minimum atomic E-state index is -1.40. The largest absolute Gasteiger partial charge is 0.345 e. The summed E-state index contributed by atoms with van der Waals surface area (Å²) >= 11 is 0. The molecule has 2 aliphatic heterocycles. The predicted octanol–water partition coefficient (Wildman–Crippen LogP) is 1.23. The molecule has 3 rings (SSSR count). The molecule has 0 amide bonds.